The molecule has 0 amide bonds. The second-order valence-corrected chi connectivity index (χ2v) is 6.48. The molecule has 1 aromatic rings. The molecule has 0 spiro atoms. The molecular weight excluding hydrogens is 302 g/mol. The minimum Gasteiger partial charge on any atom is -0.391 e. The fraction of sp³-hybridized carbons (Fsp3) is 0.632. The zero-order chi connectivity index (χ0) is 17.2. The Kier molecular flexibility index (Phi) is 8.05. The van der Waals surface area contributed by atoms with E-state index in [0.717, 1.165) is 37.1 Å². The second-order valence-electron chi connectivity index (χ2n) is 6.48. The van der Waals surface area contributed by atoms with Gasteiger partial charge in [0.25, 0.3) is 0 Å². The van der Waals surface area contributed by atoms with E-state index < -0.39 is 6.10 Å². The van der Waals surface area contributed by atoms with Gasteiger partial charge in [0.05, 0.1) is 19.3 Å². The summed E-state index contributed by atoms with van der Waals surface area (Å²) in [5.41, 5.74) is 1.13. The van der Waals surface area contributed by atoms with Crippen LogP contribution in [0.4, 0.5) is 0 Å². The smallest absolute Gasteiger partial charge is 0.193 e. The summed E-state index contributed by atoms with van der Waals surface area (Å²) in [6.07, 6.45) is 2.79. The molecule has 5 heteroatoms. The Morgan fingerprint density at radius 2 is 2.12 bits per heavy atom. The van der Waals surface area contributed by atoms with Crippen molar-refractivity contribution < 1.29 is 9.84 Å². The third-order valence-electron chi connectivity index (χ3n) is 4.08. The van der Waals surface area contributed by atoms with Crippen LogP contribution in [0.5, 0.6) is 0 Å². The lowest BCUT2D eigenvalue weighted by molar-refractivity contribution is 0.115. The number of nitrogens with one attached hydrogen (secondary N) is 1. The maximum absolute atomic E-state index is 10.2. The van der Waals surface area contributed by atoms with Gasteiger partial charge in [-0.25, -0.2) is 0 Å². The maximum atomic E-state index is 10.2. The van der Waals surface area contributed by atoms with E-state index in [1.165, 1.54) is 12.8 Å². The number of rotatable bonds is 10. The van der Waals surface area contributed by atoms with Crippen molar-refractivity contribution in [3.05, 3.63) is 35.9 Å². The number of aliphatic hydroxyl groups excluding tert-OH is 1. The van der Waals surface area contributed by atoms with Crippen LogP contribution in [-0.4, -0.2) is 62.0 Å². The zero-order valence-electron chi connectivity index (χ0n) is 14.9. The van der Waals surface area contributed by atoms with Crippen molar-refractivity contribution in [1.82, 2.24) is 10.2 Å². The Morgan fingerprint density at radius 3 is 2.79 bits per heavy atom. The number of nitrogens with zero attached hydrogens (tertiary/aromatic N) is 2. The van der Waals surface area contributed by atoms with Crippen LogP contribution < -0.4 is 5.32 Å². The lowest BCUT2D eigenvalue weighted by Gasteiger charge is -2.22. The van der Waals surface area contributed by atoms with Gasteiger partial charge in [0.2, 0.25) is 0 Å². The van der Waals surface area contributed by atoms with Crippen LogP contribution in [0.3, 0.4) is 0 Å². The van der Waals surface area contributed by atoms with Crippen LogP contribution in [0.2, 0.25) is 0 Å². The molecular formula is C19H31N3O2. The molecule has 24 heavy (non-hydrogen) atoms. The molecule has 5 nitrogen and oxygen atoms in total. The van der Waals surface area contributed by atoms with Gasteiger partial charge in [-0.15, -0.1) is 0 Å². The first kappa shape index (κ1) is 18.7. The average molecular weight is 333 g/mol. The number of aliphatic imine (C=N–C) groups is 1. The number of aliphatic hydroxyl groups is 1. The van der Waals surface area contributed by atoms with Crippen molar-refractivity contribution in [3.63, 3.8) is 0 Å². The fourth-order valence-electron chi connectivity index (χ4n) is 2.45. The normalized spacial score (nSPS) is 16.0. The minimum absolute atomic E-state index is 0.393. The van der Waals surface area contributed by atoms with Gasteiger partial charge in [-0.05, 0) is 31.2 Å². The highest BCUT2D eigenvalue weighted by molar-refractivity contribution is 5.79. The van der Waals surface area contributed by atoms with E-state index >= 15 is 0 Å². The van der Waals surface area contributed by atoms with Gasteiger partial charge in [-0.1, -0.05) is 30.3 Å². The molecule has 1 saturated carbocycles. The molecule has 1 unspecified atom stereocenters. The predicted octanol–water partition coefficient (Wildman–Crippen LogP) is 1.91. The van der Waals surface area contributed by atoms with Crippen LogP contribution in [0, 0.1) is 5.92 Å². The summed E-state index contributed by atoms with van der Waals surface area (Å²) in [5, 5.41) is 13.5. The standard InChI is InChI=1S/C19H31N3O2/c1-3-20-19(22(2)11-12-24-15-17-9-10-17)21-14-18(23)13-16-7-5-4-6-8-16/h4-8,17-18,23H,3,9-15H2,1-2H3,(H,20,21). The van der Waals surface area contributed by atoms with E-state index in [1.807, 2.05) is 44.3 Å². The van der Waals surface area contributed by atoms with Crippen molar-refractivity contribution in [2.24, 2.45) is 10.9 Å². The summed E-state index contributed by atoms with van der Waals surface area (Å²) < 4.78 is 5.69. The highest BCUT2D eigenvalue weighted by Gasteiger charge is 2.21. The number of ether oxygens (including phenoxy) is 1. The van der Waals surface area contributed by atoms with Gasteiger partial charge in [0.15, 0.2) is 5.96 Å². The molecule has 0 bridgehead atoms. The monoisotopic (exact) mass is 333 g/mol. The zero-order valence-corrected chi connectivity index (χ0v) is 14.9. The molecule has 134 valence electrons. The van der Waals surface area contributed by atoms with Gasteiger partial charge in [-0.3, -0.25) is 4.99 Å². The minimum atomic E-state index is -0.472. The van der Waals surface area contributed by atoms with Crippen molar-refractivity contribution in [2.45, 2.75) is 32.3 Å². The Bertz CT molecular complexity index is 489. The highest BCUT2D eigenvalue weighted by Crippen LogP contribution is 2.28. The first-order valence-electron chi connectivity index (χ1n) is 8.98. The third-order valence-corrected chi connectivity index (χ3v) is 4.08. The molecule has 0 heterocycles. The number of benzene rings is 1. The Morgan fingerprint density at radius 1 is 1.38 bits per heavy atom. The Hall–Kier alpha value is -1.59. The van der Waals surface area contributed by atoms with E-state index in [0.29, 0.717) is 19.6 Å². The third kappa shape index (κ3) is 7.32. The average Bonchev–Trinajstić information content (AvgIpc) is 3.40. The highest BCUT2D eigenvalue weighted by atomic mass is 16.5. The molecule has 1 fully saturated rings. The molecule has 0 aliphatic heterocycles. The van der Waals surface area contributed by atoms with Crippen LogP contribution in [0.1, 0.15) is 25.3 Å². The van der Waals surface area contributed by atoms with Gasteiger partial charge >= 0.3 is 0 Å². The van der Waals surface area contributed by atoms with Crippen molar-refractivity contribution in [1.29, 1.82) is 0 Å². The van der Waals surface area contributed by atoms with E-state index in [9.17, 15) is 5.11 Å². The van der Waals surface area contributed by atoms with Crippen molar-refractivity contribution in [3.8, 4) is 0 Å². The lowest BCUT2D eigenvalue weighted by atomic mass is 10.1. The summed E-state index contributed by atoms with van der Waals surface area (Å²) in [7, 11) is 2.01. The number of likely N-dealkylation sites (N-methyl/N-ethyl adjacent to an activating group) is 1. The van der Waals surface area contributed by atoms with Crippen molar-refractivity contribution in [2.75, 3.05) is 39.9 Å². The number of hydrogen-bond donors (Lipinski definition) is 2. The molecule has 0 radical (unpaired) electrons. The van der Waals surface area contributed by atoms with Gasteiger partial charge < -0.3 is 20.1 Å². The maximum Gasteiger partial charge on any atom is 0.193 e. The fourth-order valence-corrected chi connectivity index (χ4v) is 2.45. The number of hydrogen-bond acceptors (Lipinski definition) is 3. The lowest BCUT2D eigenvalue weighted by Crippen LogP contribution is -2.41. The Labute approximate surface area is 145 Å². The van der Waals surface area contributed by atoms with Crippen LogP contribution >= 0.6 is 0 Å². The summed E-state index contributed by atoms with van der Waals surface area (Å²) in [6, 6.07) is 10.0. The van der Waals surface area contributed by atoms with E-state index in [4.69, 9.17) is 4.74 Å². The quantitative estimate of drug-likeness (QED) is 0.390. The Balaban J connectivity index is 1.74. The first-order valence-corrected chi connectivity index (χ1v) is 8.98. The topological polar surface area (TPSA) is 57.1 Å². The summed E-state index contributed by atoms with van der Waals surface area (Å²) in [5.74, 6) is 1.62. The van der Waals surface area contributed by atoms with E-state index in [2.05, 4.69) is 15.2 Å². The van der Waals surface area contributed by atoms with E-state index in [1.54, 1.807) is 0 Å². The molecule has 1 aromatic carbocycles. The molecule has 2 N–H and O–H groups in total. The van der Waals surface area contributed by atoms with Crippen LogP contribution in [0.25, 0.3) is 0 Å². The molecule has 1 aliphatic carbocycles. The molecule has 0 saturated heterocycles. The van der Waals surface area contributed by atoms with Crippen LogP contribution in [0.15, 0.2) is 35.3 Å². The molecule has 1 aliphatic rings. The van der Waals surface area contributed by atoms with E-state index in [-0.39, 0.29) is 0 Å². The van der Waals surface area contributed by atoms with Gasteiger partial charge in [0.1, 0.15) is 0 Å². The predicted molar refractivity (Wildman–Crippen MR) is 98.3 cm³/mol. The largest absolute Gasteiger partial charge is 0.391 e. The summed E-state index contributed by atoms with van der Waals surface area (Å²) in [6.45, 7) is 5.65. The van der Waals surface area contributed by atoms with Crippen molar-refractivity contribution >= 4 is 5.96 Å². The molecule has 0 aromatic heterocycles. The molecule has 2 rings (SSSR count). The second kappa shape index (κ2) is 10.3. The number of guanidine groups is 1. The van der Waals surface area contributed by atoms with Gasteiger partial charge in [-0.2, -0.15) is 0 Å². The summed E-state index contributed by atoms with van der Waals surface area (Å²) in [4.78, 5) is 6.62. The molecule has 1 atom stereocenters. The summed E-state index contributed by atoms with van der Waals surface area (Å²) >= 11 is 0. The first-order chi connectivity index (χ1) is 11.7. The van der Waals surface area contributed by atoms with Crippen LogP contribution in [-0.2, 0) is 11.2 Å². The SMILES string of the molecule is CCNC(=NCC(O)Cc1ccccc1)N(C)CCOCC1CC1. The van der Waals surface area contributed by atoms with Gasteiger partial charge in [0, 0.05) is 33.2 Å².